The predicted octanol–water partition coefficient (Wildman–Crippen LogP) is 8.44. The van der Waals surface area contributed by atoms with E-state index in [9.17, 15) is 19.3 Å². The molecule has 0 aliphatic carbocycles. The SMILES string of the molecule is CC(C)CCCCCCCCC(=O)OC[C@H](COP(=O)(O)O)OC(=O)CCC/C=C\C/C=C\C/C=C\C/C=C\CCC[C@H](C)O. The van der Waals surface area contributed by atoms with E-state index < -0.39 is 32.5 Å². The van der Waals surface area contributed by atoms with Gasteiger partial charge in [0.2, 0.25) is 0 Å². The normalized spacial score (nSPS) is 13.9. The molecule has 0 aliphatic rings. The topological polar surface area (TPSA) is 140 Å². The van der Waals surface area contributed by atoms with Crippen LogP contribution < -0.4 is 0 Å². The van der Waals surface area contributed by atoms with Crippen LogP contribution in [-0.2, 0) is 28.2 Å². The summed E-state index contributed by atoms with van der Waals surface area (Å²) in [6.45, 7) is 5.38. The Bertz CT molecular complexity index is 903. The highest BCUT2D eigenvalue weighted by Crippen LogP contribution is 2.35. The first-order valence-corrected chi connectivity index (χ1v) is 18.4. The number of unbranched alkanes of at least 4 members (excludes halogenated alkanes) is 7. The van der Waals surface area contributed by atoms with Gasteiger partial charge < -0.3 is 24.4 Å². The molecule has 0 amide bonds. The van der Waals surface area contributed by atoms with Crippen LogP contribution in [0.25, 0.3) is 0 Å². The van der Waals surface area contributed by atoms with Crippen LogP contribution in [0.4, 0.5) is 0 Å². The fourth-order valence-corrected chi connectivity index (χ4v) is 4.63. The van der Waals surface area contributed by atoms with Crippen molar-refractivity contribution >= 4 is 19.8 Å². The summed E-state index contributed by atoms with van der Waals surface area (Å²) in [6, 6.07) is 0. The molecule has 0 saturated heterocycles. The zero-order valence-corrected chi connectivity index (χ0v) is 28.9. The van der Waals surface area contributed by atoms with Crippen molar-refractivity contribution in [1.82, 2.24) is 0 Å². The molecule has 10 heteroatoms. The van der Waals surface area contributed by atoms with Crippen LogP contribution in [0.15, 0.2) is 48.6 Å². The Hall–Kier alpha value is -2.03. The average molecular weight is 657 g/mol. The molecule has 3 N–H and O–H groups in total. The lowest BCUT2D eigenvalue weighted by Crippen LogP contribution is -2.29. The van der Waals surface area contributed by atoms with Gasteiger partial charge in [0.05, 0.1) is 12.7 Å². The Labute approximate surface area is 272 Å². The van der Waals surface area contributed by atoms with Gasteiger partial charge in [-0.2, -0.15) is 0 Å². The molecule has 0 aromatic carbocycles. The van der Waals surface area contributed by atoms with Crippen molar-refractivity contribution in [3.63, 3.8) is 0 Å². The molecular formula is C35H61O9P. The summed E-state index contributed by atoms with van der Waals surface area (Å²) in [6.07, 6.45) is 30.0. The van der Waals surface area contributed by atoms with E-state index in [4.69, 9.17) is 19.3 Å². The van der Waals surface area contributed by atoms with Crippen LogP contribution in [0, 0.1) is 5.92 Å². The van der Waals surface area contributed by atoms with Gasteiger partial charge in [-0.3, -0.25) is 14.1 Å². The van der Waals surface area contributed by atoms with E-state index in [-0.39, 0.29) is 25.6 Å². The third-order valence-electron chi connectivity index (χ3n) is 6.80. The molecule has 0 saturated carbocycles. The largest absolute Gasteiger partial charge is 0.469 e. The molecule has 260 valence electrons. The number of carbonyl (C=O) groups is 2. The van der Waals surface area contributed by atoms with Crippen molar-refractivity contribution in [2.24, 2.45) is 5.92 Å². The highest BCUT2D eigenvalue weighted by Gasteiger charge is 2.22. The van der Waals surface area contributed by atoms with Crippen molar-refractivity contribution in [2.75, 3.05) is 13.2 Å². The van der Waals surface area contributed by atoms with Gasteiger partial charge in [-0.15, -0.1) is 0 Å². The van der Waals surface area contributed by atoms with Crippen molar-refractivity contribution in [3.05, 3.63) is 48.6 Å². The van der Waals surface area contributed by atoms with Crippen LogP contribution in [-0.4, -0.2) is 52.3 Å². The Morgan fingerprint density at radius 2 is 1.16 bits per heavy atom. The van der Waals surface area contributed by atoms with Crippen molar-refractivity contribution in [1.29, 1.82) is 0 Å². The Balaban J connectivity index is 4.14. The van der Waals surface area contributed by atoms with Crippen LogP contribution in [0.1, 0.15) is 130 Å². The molecule has 0 heterocycles. The lowest BCUT2D eigenvalue weighted by molar-refractivity contribution is -0.161. The fraction of sp³-hybridized carbons (Fsp3) is 0.714. The number of carbonyl (C=O) groups excluding carboxylic acids is 2. The highest BCUT2D eigenvalue weighted by molar-refractivity contribution is 7.46. The van der Waals surface area contributed by atoms with Gasteiger partial charge in [-0.25, -0.2) is 4.57 Å². The summed E-state index contributed by atoms with van der Waals surface area (Å²) >= 11 is 0. The number of phosphoric acid groups is 1. The predicted molar refractivity (Wildman–Crippen MR) is 180 cm³/mol. The summed E-state index contributed by atoms with van der Waals surface area (Å²) < 4.78 is 26.1. The number of esters is 2. The second-order valence-electron chi connectivity index (χ2n) is 11.9. The van der Waals surface area contributed by atoms with E-state index >= 15 is 0 Å². The maximum atomic E-state index is 12.3. The summed E-state index contributed by atoms with van der Waals surface area (Å²) in [5.74, 6) is -0.251. The van der Waals surface area contributed by atoms with E-state index in [2.05, 4.69) is 54.8 Å². The zero-order valence-electron chi connectivity index (χ0n) is 28.0. The highest BCUT2D eigenvalue weighted by atomic mass is 31.2. The number of allylic oxidation sites excluding steroid dienone is 8. The summed E-state index contributed by atoms with van der Waals surface area (Å²) in [4.78, 5) is 42.4. The average Bonchev–Trinajstić information content (AvgIpc) is 2.96. The number of phosphoric ester groups is 1. The molecule has 0 aromatic heterocycles. The minimum absolute atomic E-state index is 0.123. The Morgan fingerprint density at radius 1 is 0.644 bits per heavy atom. The Kier molecular flexibility index (Phi) is 28.1. The molecule has 0 spiro atoms. The van der Waals surface area contributed by atoms with Gasteiger partial charge in [-0.1, -0.05) is 101 Å². The van der Waals surface area contributed by atoms with E-state index in [1.165, 1.54) is 19.3 Å². The van der Waals surface area contributed by atoms with Gasteiger partial charge in [-0.05, 0) is 70.6 Å². The standard InChI is InChI=1S/C35H61O9P/c1-31(2)25-21-17-15-16-19-23-27-34(37)42-29-33(30-43-45(39,40)41)44-35(38)28-24-20-14-12-10-8-6-4-5-7-9-11-13-18-22-26-32(3)36/h5-8,11-14,31-33,36H,4,9-10,15-30H2,1-3H3,(H2,39,40,41)/b7-5-,8-6-,13-11-,14-12-/t32-,33+/m0/s1. The Morgan fingerprint density at radius 3 is 1.71 bits per heavy atom. The third kappa shape index (κ3) is 34.7. The van der Waals surface area contributed by atoms with Gasteiger partial charge in [0, 0.05) is 12.8 Å². The molecule has 0 unspecified atom stereocenters. The van der Waals surface area contributed by atoms with Crippen LogP contribution in [0.2, 0.25) is 0 Å². The lowest BCUT2D eigenvalue weighted by Gasteiger charge is -2.18. The number of hydrogen-bond donors (Lipinski definition) is 3. The van der Waals surface area contributed by atoms with E-state index in [1.807, 2.05) is 19.1 Å². The van der Waals surface area contributed by atoms with Crippen molar-refractivity contribution in [2.45, 2.75) is 142 Å². The van der Waals surface area contributed by atoms with Crippen LogP contribution in [0.5, 0.6) is 0 Å². The van der Waals surface area contributed by atoms with Crippen molar-refractivity contribution < 1.29 is 43.0 Å². The lowest BCUT2D eigenvalue weighted by atomic mass is 10.0. The first-order chi connectivity index (χ1) is 21.5. The first kappa shape index (κ1) is 43.0. The smallest absolute Gasteiger partial charge is 0.462 e. The summed E-state index contributed by atoms with van der Waals surface area (Å²) in [5.41, 5.74) is 0. The van der Waals surface area contributed by atoms with Gasteiger partial charge in [0.1, 0.15) is 6.61 Å². The minimum atomic E-state index is -4.77. The molecule has 0 fully saturated rings. The summed E-state index contributed by atoms with van der Waals surface area (Å²) in [5, 5.41) is 9.23. The van der Waals surface area contributed by atoms with Crippen molar-refractivity contribution in [3.8, 4) is 0 Å². The molecular weight excluding hydrogens is 595 g/mol. The van der Waals surface area contributed by atoms with Gasteiger partial charge >= 0.3 is 19.8 Å². The van der Waals surface area contributed by atoms with Gasteiger partial charge in [0.25, 0.3) is 0 Å². The summed E-state index contributed by atoms with van der Waals surface area (Å²) in [7, 11) is -4.77. The molecule has 2 atom stereocenters. The fourth-order valence-electron chi connectivity index (χ4n) is 4.27. The molecule has 0 rings (SSSR count). The molecule has 0 aliphatic heterocycles. The molecule has 45 heavy (non-hydrogen) atoms. The number of ether oxygens (including phenoxy) is 2. The number of aliphatic hydroxyl groups is 1. The second-order valence-corrected chi connectivity index (χ2v) is 13.1. The van der Waals surface area contributed by atoms with E-state index in [0.717, 1.165) is 63.7 Å². The van der Waals surface area contributed by atoms with Crippen LogP contribution in [0.3, 0.4) is 0 Å². The molecule has 9 nitrogen and oxygen atoms in total. The van der Waals surface area contributed by atoms with Gasteiger partial charge in [0.15, 0.2) is 6.10 Å². The van der Waals surface area contributed by atoms with Crippen LogP contribution >= 0.6 is 7.82 Å². The second kappa shape index (κ2) is 29.4. The maximum absolute atomic E-state index is 12.3. The minimum Gasteiger partial charge on any atom is -0.462 e. The molecule has 0 aromatic rings. The first-order valence-electron chi connectivity index (χ1n) is 16.8. The van der Waals surface area contributed by atoms with E-state index in [1.54, 1.807) is 0 Å². The molecule has 0 bridgehead atoms. The quantitative estimate of drug-likeness (QED) is 0.0313. The maximum Gasteiger partial charge on any atom is 0.469 e. The van der Waals surface area contributed by atoms with E-state index in [0.29, 0.717) is 19.3 Å². The molecule has 0 radical (unpaired) electrons. The number of hydrogen-bond acceptors (Lipinski definition) is 7. The third-order valence-corrected chi connectivity index (χ3v) is 7.28. The zero-order chi connectivity index (χ0) is 33.6. The number of rotatable bonds is 29. The monoisotopic (exact) mass is 656 g/mol. The number of aliphatic hydroxyl groups excluding tert-OH is 1.